The summed E-state index contributed by atoms with van der Waals surface area (Å²) < 4.78 is 25.0. The second kappa shape index (κ2) is 8.82. The Morgan fingerprint density at radius 1 is 0.867 bits per heavy atom. The van der Waals surface area contributed by atoms with Crippen molar-refractivity contribution < 1.29 is 13.9 Å². The summed E-state index contributed by atoms with van der Waals surface area (Å²) in [6, 6.07) is 22.3. The minimum atomic E-state index is -0.292. The lowest BCUT2D eigenvalue weighted by atomic mass is 10.0. The third-order valence-electron chi connectivity index (χ3n) is 5.12. The Morgan fingerprint density at radius 2 is 1.50 bits per heavy atom. The number of allylic oxidation sites excluding steroid dienone is 1. The van der Waals surface area contributed by atoms with Crippen molar-refractivity contribution in [2.75, 3.05) is 19.2 Å². The molecule has 5 heteroatoms. The Kier molecular flexibility index (Phi) is 5.80. The predicted molar refractivity (Wildman–Crippen MR) is 119 cm³/mol. The van der Waals surface area contributed by atoms with Crippen LogP contribution in [0.15, 0.2) is 84.0 Å². The summed E-state index contributed by atoms with van der Waals surface area (Å²) in [5, 5.41) is 6.50. The Morgan fingerprint density at radius 3 is 2.13 bits per heavy atom. The summed E-state index contributed by atoms with van der Waals surface area (Å²) in [5.74, 6) is 1.31. The highest BCUT2D eigenvalue weighted by atomic mass is 19.1. The fourth-order valence-electron chi connectivity index (χ4n) is 3.49. The van der Waals surface area contributed by atoms with Crippen molar-refractivity contribution in [2.45, 2.75) is 12.5 Å². The third kappa shape index (κ3) is 4.20. The number of benzene rings is 3. The van der Waals surface area contributed by atoms with Crippen molar-refractivity contribution >= 4 is 17.5 Å². The van der Waals surface area contributed by atoms with Crippen LogP contribution in [-0.2, 0) is 0 Å². The molecule has 0 amide bonds. The van der Waals surface area contributed by atoms with Crippen LogP contribution in [0.1, 0.15) is 23.6 Å². The standard InChI is InChI=1S/C25H23FN2O2/c1-29-21-13-8-18(9-14-21)7-12-20-17-25(19-10-15-22(30-2)16-11-19)28(27-20)24-6-4-3-5-23(24)26/h3-16,25H,17H2,1-2H3/b12-7+. The van der Waals surface area contributed by atoms with Crippen molar-refractivity contribution in [3.8, 4) is 11.5 Å². The molecular weight excluding hydrogens is 379 g/mol. The second-order valence-electron chi connectivity index (χ2n) is 6.99. The molecule has 0 saturated heterocycles. The van der Waals surface area contributed by atoms with E-state index in [1.165, 1.54) is 6.07 Å². The van der Waals surface area contributed by atoms with E-state index < -0.39 is 0 Å². The number of anilines is 1. The zero-order chi connectivity index (χ0) is 20.9. The maximum Gasteiger partial charge on any atom is 0.148 e. The van der Waals surface area contributed by atoms with Crippen LogP contribution >= 0.6 is 0 Å². The molecule has 4 rings (SSSR count). The molecule has 0 N–H and O–H groups in total. The number of hydrazone groups is 1. The van der Waals surface area contributed by atoms with Crippen LogP contribution in [0, 0.1) is 5.82 Å². The monoisotopic (exact) mass is 402 g/mol. The van der Waals surface area contributed by atoms with Gasteiger partial charge in [-0.25, -0.2) is 4.39 Å². The highest BCUT2D eigenvalue weighted by molar-refractivity contribution is 6.01. The molecule has 0 aromatic heterocycles. The summed E-state index contributed by atoms with van der Waals surface area (Å²) >= 11 is 0. The summed E-state index contributed by atoms with van der Waals surface area (Å²) in [5.41, 5.74) is 3.44. The first kappa shape index (κ1) is 19.7. The lowest BCUT2D eigenvalue weighted by molar-refractivity contribution is 0.414. The highest BCUT2D eigenvalue weighted by Gasteiger charge is 2.29. The van der Waals surface area contributed by atoms with Crippen LogP contribution < -0.4 is 14.5 Å². The molecule has 1 atom stereocenters. The molecule has 3 aromatic carbocycles. The first-order valence-corrected chi connectivity index (χ1v) is 9.75. The molecule has 1 unspecified atom stereocenters. The van der Waals surface area contributed by atoms with E-state index in [0.29, 0.717) is 12.1 Å². The molecule has 0 saturated carbocycles. The average Bonchev–Trinajstić information content (AvgIpc) is 3.22. The van der Waals surface area contributed by atoms with Crippen molar-refractivity contribution in [2.24, 2.45) is 5.10 Å². The molecule has 0 spiro atoms. The minimum absolute atomic E-state index is 0.0941. The summed E-state index contributed by atoms with van der Waals surface area (Å²) in [6.45, 7) is 0. The summed E-state index contributed by atoms with van der Waals surface area (Å²) in [4.78, 5) is 0. The Hall–Kier alpha value is -3.60. The molecular formula is C25H23FN2O2. The SMILES string of the molecule is COc1ccc(/C=C/C2=NN(c3ccccc3F)C(c3ccc(OC)cc3)C2)cc1. The number of ether oxygens (including phenoxy) is 2. The maximum atomic E-state index is 14.5. The van der Waals surface area contributed by atoms with Crippen molar-refractivity contribution in [1.29, 1.82) is 0 Å². The number of hydrogen-bond donors (Lipinski definition) is 0. The van der Waals surface area contributed by atoms with Gasteiger partial charge in [0.1, 0.15) is 17.3 Å². The summed E-state index contributed by atoms with van der Waals surface area (Å²) in [6.07, 6.45) is 4.67. The van der Waals surface area contributed by atoms with Crippen molar-refractivity contribution in [3.63, 3.8) is 0 Å². The Balaban J connectivity index is 1.63. The van der Waals surface area contributed by atoms with Gasteiger partial charge in [-0.15, -0.1) is 0 Å². The molecule has 152 valence electrons. The Labute approximate surface area is 175 Å². The smallest absolute Gasteiger partial charge is 0.148 e. The average molecular weight is 402 g/mol. The van der Waals surface area contributed by atoms with Gasteiger partial charge in [0.15, 0.2) is 0 Å². The van der Waals surface area contributed by atoms with Gasteiger partial charge in [0.2, 0.25) is 0 Å². The van der Waals surface area contributed by atoms with Gasteiger partial charge in [-0.1, -0.05) is 42.5 Å². The number of rotatable bonds is 6. The molecule has 1 heterocycles. The van der Waals surface area contributed by atoms with E-state index in [4.69, 9.17) is 14.6 Å². The molecule has 3 aromatic rings. The summed E-state index contributed by atoms with van der Waals surface area (Å²) in [7, 11) is 3.29. The molecule has 0 radical (unpaired) electrons. The van der Waals surface area contributed by atoms with Gasteiger partial charge in [-0.2, -0.15) is 5.10 Å². The first-order valence-electron chi connectivity index (χ1n) is 9.75. The Bertz CT molecular complexity index is 1060. The van der Waals surface area contributed by atoms with E-state index in [9.17, 15) is 4.39 Å². The fraction of sp³-hybridized carbons (Fsp3) is 0.160. The predicted octanol–water partition coefficient (Wildman–Crippen LogP) is 5.86. The molecule has 0 fully saturated rings. The van der Waals surface area contributed by atoms with Crippen LogP contribution in [-0.4, -0.2) is 19.9 Å². The molecule has 1 aliphatic heterocycles. The zero-order valence-corrected chi connectivity index (χ0v) is 17.0. The maximum absolute atomic E-state index is 14.5. The lowest BCUT2D eigenvalue weighted by Gasteiger charge is -2.24. The van der Waals surface area contributed by atoms with E-state index in [1.54, 1.807) is 31.4 Å². The number of hydrogen-bond acceptors (Lipinski definition) is 4. The van der Waals surface area contributed by atoms with Gasteiger partial charge >= 0.3 is 0 Å². The van der Waals surface area contributed by atoms with Gasteiger partial charge in [0.25, 0.3) is 0 Å². The quantitative estimate of drug-likeness (QED) is 0.518. The third-order valence-corrected chi connectivity index (χ3v) is 5.12. The normalized spacial score (nSPS) is 16.0. The molecule has 0 aliphatic carbocycles. The molecule has 0 bridgehead atoms. The van der Waals surface area contributed by atoms with Crippen LogP contribution in [0.2, 0.25) is 0 Å². The topological polar surface area (TPSA) is 34.1 Å². The number of halogens is 1. The van der Waals surface area contributed by atoms with Crippen LogP contribution in [0.5, 0.6) is 11.5 Å². The molecule has 1 aliphatic rings. The van der Waals surface area contributed by atoms with Crippen molar-refractivity contribution in [3.05, 3.63) is 95.8 Å². The second-order valence-corrected chi connectivity index (χ2v) is 6.99. The first-order chi connectivity index (χ1) is 14.7. The minimum Gasteiger partial charge on any atom is -0.497 e. The fourth-order valence-corrected chi connectivity index (χ4v) is 3.49. The lowest BCUT2D eigenvalue weighted by Crippen LogP contribution is -2.19. The van der Waals surface area contributed by atoms with Gasteiger partial charge in [0.05, 0.1) is 31.7 Å². The van der Waals surface area contributed by atoms with E-state index in [1.807, 2.05) is 66.7 Å². The van der Waals surface area contributed by atoms with Crippen LogP contribution in [0.25, 0.3) is 6.08 Å². The van der Waals surface area contributed by atoms with Gasteiger partial charge in [0, 0.05) is 6.42 Å². The molecule has 30 heavy (non-hydrogen) atoms. The largest absolute Gasteiger partial charge is 0.497 e. The zero-order valence-electron chi connectivity index (χ0n) is 17.0. The molecule has 4 nitrogen and oxygen atoms in total. The number of methoxy groups -OCH3 is 2. The number of nitrogens with zero attached hydrogens (tertiary/aromatic N) is 2. The highest BCUT2D eigenvalue weighted by Crippen LogP contribution is 2.37. The van der Waals surface area contributed by atoms with E-state index in [2.05, 4.69) is 0 Å². The van der Waals surface area contributed by atoms with Crippen LogP contribution in [0.3, 0.4) is 0 Å². The van der Waals surface area contributed by atoms with Gasteiger partial charge in [-0.3, -0.25) is 5.01 Å². The van der Waals surface area contributed by atoms with Crippen LogP contribution in [0.4, 0.5) is 10.1 Å². The van der Waals surface area contributed by atoms with E-state index in [0.717, 1.165) is 28.3 Å². The van der Waals surface area contributed by atoms with E-state index >= 15 is 0 Å². The van der Waals surface area contributed by atoms with Gasteiger partial charge in [-0.05, 0) is 53.6 Å². The van der Waals surface area contributed by atoms with Crippen molar-refractivity contribution in [1.82, 2.24) is 0 Å². The van der Waals surface area contributed by atoms with E-state index in [-0.39, 0.29) is 11.9 Å². The van der Waals surface area contributed by atoms with Gasteiger partial charge < -0.3 is 9.47 Å². The number of para-hydroxylation sites is 1.